The Balaban J connectivity index is 1.29. The van der Waals surface area contributed by atoms with Crippen molar-refractivity contribution in [1.82, 2.24) is 20.1 Å². The molecule has 2 aromatic carbocycles. The molecule has 0 saturated carbocycles. The van der Waals surface area contributed by atoms with Gasteiger partial charge in [0.2, 0.25) is 0 Å². The first-order valence-electron chi connectivity index (χ1n) is 9.89. The van der Waals surface area contributed by atoms with E-state index in [9.17, 15) is 9.90 Å². The van der Waals surface area contributed by atoms with E-state index in [4.69, 9.17) is 0 Å². The Morgan fingerprint density at radius 1 is 1.07 bits per heavy atom. The van der Waals surface area contributed by atoms with Gasteiger partial charge in [-0.3, -0.25) is 9.89 Å². The van der Waals surface area contributed by atoms with E-state index in [1.54, 1.807) is 12.1 Å². The number of H-pyrrole nitrogens is 2. The van der Waals surface area contributed by atoms with Gasteiger partial charge in [-0.05, 0) is 48.6 Å². The topological polar surface area (TPSA) is 85.0 Å². The molecule has 0 radical (unpaired) electrons. The zero-order valence-electron chi connectivity index (χ0n) is 15.9. The van der Waals surface area contributed by atoms with Crippen LogP contribution >= 0.6 is 0 Å². The van der Waals surface area contributed by atoms with Crippen LogP contribution in [0.4, 0.5) is 0 Å². The van der Waals surface area contributed by atoms with Gasteiger partial charge in [-0.25, -0.2) is 0 Å². The number of aromatic amines is 2. The van der Waals surface area contributed by atoms with Crippen molar-refractivity contribution >= 4 is 16.8 Å². The molecule has 4 aromatic rings. The maximum absolute atomic E-state index is 12.9. The van der Waals surface area contributed by atoms with Crippen LogP contribution < -0.4 is 0 Å². The molecule has 0 unspecified atom stereocenters. The first-order chi connectivity index (χ1) is 14.2. The predicted octanol–water partition coefficient (Wildman–Crippen LogP) is 4.28. The molecule has 1 aliphatic heterocycles. The number of para-hydroxylation sites is 1. The average Bonchev–Trinajstić information content (AvgIpc) is 3.41. The summed E-state index contributed by atoms with van der Waals surface area (Å²) >= 11 is 0. The van der Waals surface area contributed by atoms with Crippen LogP contribution in [-0.2, 0) is 0 Å². The highest BCUT2D eigenvalue weighted by molar-refractivity contribution is 5.97. The first kappa shape index (κ1) is 17.6. The number of benzene rings is 2. The number of fused-ring (bicyclic) bond motifs is 1. The highest BCUT2D eigenvalue weighted by atomic mass is 16.3. The van der Waals surface area contributed by atoms with Gasteiger partial charge in [-0.2, -0.15) is 5.10 Å². The van der Waals surface area contributed by atoms with E-state index in [1.807, 2.05) is 53.6 Å². The van der Waals surface area contributed by atoms with Gasteiger partial charge < -0.3 is 15.0 Å². The van der Waals surface area contributed by atoms with Crippen molar-refractivity contribution in [3.8, 4) is 17.0 Å². The summed E-state index contributed by atoms with van der Waals surface area (Å²) in [7, 11) is 0. The van der Waals surface area contributed by atoms with E-state index in [2.05, 4.69) is 15.2 Å². The van der Waals surface area contributed by atoms with E-state index in [1.165, 1.54) is 5.56 Å². The number of phenolic OH excluding ortho intramolecular Hbond substituents is 1. The molecule has 0 bridgehead atoms. The molecule has 0 aliphatic carbocycles. The molecule has 6 nitrogen and oxygen atoms in total. The molecular weight excluding hydrogens is 364 g/mol. The maximum Gasteiger partial charge on any atom is 0.271 e. The number of carbonyl (C=O) groups is 1. The summed E-state index contributed by atoms with van der Waals surface area (Å²) in [5, 5.41) is 17.9. The van der Waals surface area contributed by atoms with Crippen molar-refractivity contribution in [2.45, 2.75) is 18.8 Å². The number of phenols is 1. The Kier molecular flexibility index (Phi) is 4.31. The minimum Gasteiger partial charge on any atom is -0.508 e. The zero-order valence-corrected chi connectivity index (χ0v) is 15.9. The SMILES string of the molecule is O=C(c1cc(-c2c[nH]c3ccccc23)n[nH]1)N1CCC(c2ccc(O)cc2)CC1. The molecule has 3 N–H and O–H groups in total. The molecule has 0 spiro atoms. The summed E-state index contributed by atoms with van der Waals surface area (Å²) < 4.78 is 0. The van der Waals surface area contributed by atoms with Gasteiger partial charge in [0.1, 0.15) is 11.4 Å². The summed E-state index contributed by atoms with van der Waals surface area (Å²) in [4.78, 5) is 18.1. The van der Waals surface area contributed by atoms with Crippen molar-refractivity contribution < 1.29 is 9.90 Å². The molecule has 3 heterocycles. The number of nitrogens with zero attached hydrogens (tertiary/aromatic N) is 2. The van der Waals surface area contributed by atoms with Gasteiger partial charge >= 0.3 is 0 Å². The van der Waals surface area contributed by atoms with Crippen molar-refractivity contribution in [3.05, 3.63) is 72.1 Å². The molecule has 2 aromatic heterocycles. The average molecular weight is 386 g/mol. The van der Waals surface area contributed by atoms with E-state index in [0.29, 0.717) is 24.7 Å². The summed E-state index contributed by atoms with van der Waals surface area (Å²) in [6, 6.07) is 17.3. The monoisotopic (exact) mass is 386 g/mol. The lowest BCUT2D eigenvalue weighted by molar-refractivity contribution is 0.0707. The van der Waals surface area contributed by atoms with Gasteiger partial charge in [-0.15, -0.1) is 0 Å². The van der Waals surface area contributed by atoms with Crippen LogP contribution in [0.25, 0.3) is 22.2 Å². The Morgan fingerprint density at radius 3 is 2.62 bits per heavy atom. The number of aromatic nitrogens is 3. The van der Waals surface area contributed by atoms with Gasteiger partial charge in [0.15, 0.2) is 0 Å². The fourth-order valence-electron chi connectivity index (χ4n) is 4.19. The molecule has 1 aliphatic rings. The summed E-state index contributed by atoms with van der Waals surface area (Å²) in [6.07, 6.45) is 3.76. The van der Waals surface area contributed by atoms with Crippen LogP contribution in [0.1, 0.15) is 34.8 Å². The third-order valence-electron chi connectivity index (χ3n) is 5.82. The van der Waals surface area contributed by atoms with Gasteiger partial charge in [0, 0.05) is 35.8 Å². The molecule has 5 rings (SSSR count). The second-order valence-electron chi connectivity index (χ2n) is 7.57. The van der Waals surface area contributed by atoms with Crippen LogP contribution in [0.2, 0.25) is 0 Å². The Hall–Kier alpha value is -3.54. The minimum atomic E-state index is -0.00672. The minimum absolute atomic E-state index is 0.00672. The van der Waals surface area contributed by atoms with Crippen molar-refractivity contribution in [2.24, 2.45) is 0 Å². The fraction of sp³-hybridized carbons (Fsp3) is 0.217. The highest BCUT2D eigenvalue weighted by Crippen LogP contribution is 2.31. The number of rotatable bonds is 3. The maximum atomic E-state index is 12.9. The molecule has 146 valence electrons. The third-order valence-corrected chi connectivity index (χ3v) is 5.82. The number of aromatic hydroxyl groups is 1. The molecule has 6 heteroatoms. The normalized spacial score (nSPS) is 15.1. The zero-order chi connectivity index (χ0) is 19.8. The Morgan fingerprint density at radius 2 is 1.83 bits per heavy atom. The smallest absolute Gasteiger partial charge is 0.271 e. The first-order valence-corrected chi connectivity index (χ1v) is 9.89. The lowest BCUT2D eigenvalue weighted by Gasteiger charge is -2.32. The largest absolute Gasteiger partial charge is 0.508 e. The van der Waals surface area contributed by atoms with Gasteiger partial charge in [0.05, 0.1) is 5.69 Å². The molecular formula is C23H22N4O2. The summed E-state index contributed by atoms with van der Waals surface area (Å²) in [6.45, 7) is 1.43. The Labute approximate surface area is 168 Å². The molecule has 29 heavy (non-hydrogen) atoms. The van der Waals surface area contributed by atoms with E-state index >= 15 is 0 Å². The number of hydrogen-bond donors (Lipinski definition) is 3. The van der Waals surface area contributed by atoms with Crippen LogP contribution in [0.15, 0.2) is 60.8 Å². The van der Waals surface area contributed by atoms with Crippen LogP contribution in [-0.4, -0.2) is 44.2 Å². The second kappa shape index (κ2) is 7.13. The van der Waals surface area contributed by atoms with Crippen molar-refractivity contribution in [1.29, 1.82) is 0 Å². The number of carbonyl (C=O) groups excluding carboxylic acids is 1. The van der Waals surface area contributed by atoms with Crippen LogP contribution in [0.5, 0.6) is 5.75 Å². The standard InChI is InChI=1S/C23H22N4O2/c28-17-7-5-15(6-8-17)16-9-11-27(12-10-16)23(29)22-13-21(25-26-22)19-14-24-20-4-2-1-3-18(19)20/h1-8,13-14,16,24,28H,9-12H2,(H,25,26). The highest BCUT2D eigenvalue weighted by Gasteiger charge is 2.26. The van der Waals surface area contributed by atoms with E-state index in [0.717, 1.165) is 35.0 Å². The summed E-state index contributed by atoms with van der Waals surface area (Å²) in [5.41, 5.74) is 4.55. The third kappa shape index (κ3) is 3.27. The van der Waals surface area contributed by atoms with Crippen molar-refractivity contribution in [2.75, 3.05) is 13.1 Å². The van der Waals surface area contributed by atoms with E-state index in [-0.39, 0.29) is 11.7 Å². The Bertz CT molecular complexity index is 1150. The number of nitrogens with one attached hydrogen (secondary N) is 2. The van der Waals surface area contributed by atoms with Crippen molar-refractivity contribution in [3.63, 3.8) is 0 Å². The lowest BCUT2D eigenvalue weighted by atomic mass is 9.89. The molecule has 1 saturated heterocycles. The van der Waals surface area contributed by atoms with Crippen LogP contribution in [0.3, 0.4) is 0 Å². The number of amides is 1. The van der Waals surface area contributed by atoms with Crippen LogP contribution in [0, 0.1) is 0 Å². The molecule has 1 fully saturated rings. The fourth-order valence-corrected chi connectivity index (χ4v) is 4.19. The second-order valence-corrected chi connectivity index (χ2v) is 7.57. The van der Waals surface area contributed by atoms with E-state index < -0.39 is 0 Å². The van der Waals surface area contributed by atoms with Gasteiger partial charge in [-0.1, -0.05) is 30.3 Å². The number of hydrogen-bond acceptors (Lipinski definition) is 3. The molecule has 1 amide bonds. The summed E-state index contributed by atoms with van der Waals surface area (Å²) in [5.74, 6) is 0.697. The predicted molar refractivity (Wildman–Crippen MR) is 112 cm³/mol. The molecule has 0 atom stereocenters. The number of likely N-dealkylation sites (tertiary alicyclic amines) is 1. The number of piperidine rings is 1. The lowest BCUT2D eigenvalue weighted by Crippen LogP contribution is -2.38. The van der Waals surface area contributed by atoms with Gasteiger partial charge in [0.25, 0.3) is 5.91 Å². The quantitative estimate of drug-likeness (QED) is 0.491.